The lowest BCUT2D eigenvalue weighted by molar-refractivity contribution is -0.136. The highest BCUT2D eigenvalue weighted by molar-refractivity contribution is 6.31. The van der Waals surface area contributed by atoms with Crippen LogP contribution < -0.4 is 21.5 Å². The van der Waals surface area contributed by atoms with Gasteiger partial charge in [-0.15, -0.1) is 0 Å². The maximum absolute atomic E-state index is 13.9. The Balaban J connectivity index is 0.815. The number of fused-ring (bicyclic) bond motifs is 2. The zero-order chi connectivity index (χ0) is 42.6. The number of benzene rings is 4. The van der Waals surface area contributed by atoms with Crippen molar-refractivity contribution in [3.63, 3.8) is 0 Å². The molecule has 0 bridgehead atoms. The van der Waals surface area contributed by atoms with E-state index in [1.165, 1.54) is 22.9 Å². The molecule has 0 aliphatic carbocycles. The molecule has 15 nitrogen and oxygen atoms in total. The van der Waals surface area contributed by atoms with Crippen molar-refractivity contribution in [2.24, 2.45) is 0 Å². The summed E-state index contributed by atoms with van der Waals surface area (Å²) in [5.74, 6) is -2.65. The second-order valence-corrected chi connectivity index (χ2v) is 15.2. The summed E-state index contributed by atoms with van der Waals surface area (Å²) in [4.78, 5) is 85.4. The first-order valence-corrected chi connectivity index (χ1v) is 20.2. The van der Waals surface area contributed by atoms with Crippen LogP contribution in [0.2, 0.25) is 5.02 Å². The standard InChI is InChI=1S/C44H40ClFN8O7/c45-28-13-17-32-34(23-28)50-44(49-32)54-42(59)31(16-10-26-8-14-29(46)15-9-26)39(52-54)27-11-6-25(7-12-27)3-2-22-61-24-37(56)48-21-20-47-33-5-1-4-30-38(33)43(60)53(41(30)58)35-18-19-36(55)51-40(35)57/h1,4-9,11-15,17,23,35,47,52H,2-3,10,16,18-22,24H2,(H,48,56)(H,49,50)(H,51,55,57). The number of nitrogens with one attached hydrogen (secondary N) is 5. The number of H-pyrrole nitrogens is 2. The van der Waals surface area contributed by atoms with Crippen LogP contribution in [0, 0.1) is 5.82 Å². The zero-order valence-electron chi connectivity index (χ0n) is 32.7. The predicted molar refractivity (Wildman–Crippen MR) is 224 cm³/mol. The molecular formula is C44H40ClFN8O7. The summed E-state index contributed by atoms with van der Waals surface area (Å²) < 4.78 is 20.6. The molecule has 17 heteroatoms. The lowest BCUT2D eigenvalue weighted by Crippen LogP contribution is -2.54. The first-order chi connectivity index (χ1) is 29.5. The van der Waals surface area contributed by atoms with Crippen LogP contribution in [-0.2, 0) is 38.4 Å². The topological polar surface area (TPSA) is 200 Å². The van der Waals surface area contributed by atoms with Crippen molar-refractivity contribution in [3.8, 4) is 17.2 Å². The summed E-state index contributed by atoms with van der Waals surface area (Å²) in [7, 11) is 0. The molecule has 6 aromatic rings. The van der Waals surface area contributed by atoms with E-state index < -0.39 is 29.7 Å². The monoisotopic (exact) mass is 846 g/mol. The molecule has 5 N–H and O–H groups in total. The van der Waals surface area contributed by atoms with Crippen LogP contribution in [0.15, 0.2) is 89.7 Å². The molecule has 2 aliphatic heterocycles. The van der Waals surface area contributed by atoms with Crippen LogP contribution >= 0.6 is 11.6 Å². The largest absolute Gasteiger partial charge is 0.383 e. The van der Waals surface area contributed by atoms with Crippen LogP contribution in [0.5, 0.6) is 0 Å². The van der Waals surface area contributed by atoms with E-state index in [0.29, 0.717) is 71.2 Å². The first-order valence-electron chi connectivity index (χ1n) is 19.8. The van der Waals surface area contributed by atoms with Gasteiger partial charge in [0.1, 0.15) is 18.5 Å². The van der Waals surface area contributed by atoms with E-state index in [1.54, 1.807) is 42.5 Å². The van der Waals surface area contributed by atoms with E-state index in [9.17, 15) is 33.2 Å². The number of anilines is 1. The SMILES string of the molecule is O=C(COCCCc1ccc(-c2[nH]n(-c3nc4ccc(Cl)cc4[nH]3)c(=O)c2CCc2ccc(F)cc2)cc1)NCCNc1cccc2c1C(=O)N(C1CCC(=O)NC1=O)C2=O. The summed E-state index contributed by atoms with van der Waals surface area (Å²) in [6.45, 7) is 0.668. The van der Waals surface area contributed by atoms with Crippen LogP contribution in [0.3, 0.4) is 0 Å². The molecule has 2 aliphatic rings. The third kappa shape index (κ3) is 8.86. The number of carbonyl (C=O) groups is 5. The van der Waals surface area contributed by atoms with E-state index in [1.807, 2.05) is 24.3 Å². The van der Waals surface area contributed by atoms with E-state index in [-0.39, 0.29) is 60.9 Å². The smallest absolute Gasteiger partial charge is 0.277 e. The van der Waals surface area contributed by atoms with Gasteiger partial charge in [-0.1, -0.05) is 54.1 Å². The molecule has 0 radical (unpaired) electrons. The minimum Gasteiger partial charge on any atom is -0.383 e. The second-order valence-electron chi connectivity index (χ2n) is 14.8. The molecule has 0 spiro atoms. The maximum Gasteiger partial charge on any atom is 0.277 e. The molecule has 312 valence electrons. The lowest BCUT2D eigenvalue weighted by atomic mass is 10.00. The highest BCUT2D eigenvalue weighted by Gasteiger charge is 2.45. The van der Waals surface area contributed by atoms with Gasteiger partial charge in [0.2, 0.25) is 23.7 Å². The fraction of sp³-hybridized carbons (Fsp3) is 0.250. The Labute approximate surface area is 352 Å². The summed E-state index contributed by atoms with van der Waals surface area (Å²) >= 11 is 6.18. The number of aromatic amines is 2. The number of aromatic nitrogens is 4. The molecule has 4 aromatic carbocycles. The number of amides is 5. The van der Waals surface area contributed by atoms with E-state index in [4.69, 9.17) is 16.3 Å². The predicted octanol–water partition coefficient (Wildman–Crippen LogP) is 4.87. The van der Waals surface area contributed by atoms with Crippen LogP contribution in [0.4, 0.5) is 10.1 Å². The quantitative estimate of drug-likeness (QED) is 0.0667. The van der Waals surface area contributed by atoms with Crippen molar-refractivity contribution in [1.29, 1.82) is 0 Å². The number of imide groups is 2. The summed E-state index contributed by atoms with van der Waals surface area (Å²) in [6, 6.07) is 23.0. The van der Waals surface area contributed by atoms with Gasteiger partial charge in [-0.05, 0) is 91.3 Å². The molecule has 1 atom stereocenters. The van der Waals surface area contributed by atoms with Gasteiger partial charge >= 0.3 is 0 Å². The van der Waals surface area contributed by atoms with Crippen molar-refractivity contribution in [2.45, 2.75) is 44.6 Å². The van der Waals surface area contributed by atoms with Crippen molar-refractivity contribution in [2.75, 3.05) is 31.6 Å². The number of piperidine rings is 1. The number of ether oxygens (including phenoxy) is 1. The molecular weight excluding hydrogens is 807 g/mol. The molecule has 2 aromatic heterocycles. The molecule has 1 saturated heterocycles. The van der Waals surface area contributed by atoms with Gasteiger partial charge in [0.05, 0.1) is 27.9 Å². The van der Waals surface area contributed by atoms with Crippen molar-refractivity contribution in [1.82, 2.24) is 35.3 Å². The van der Waals surface area contributed by atoms with E-state index in [2.05, 4.69) is 31.0 Å². The average molecular weight is 847 g/mol. The van der Waals surface area contributed by atoms with Gasteiger partial charge in [-0.2, -0.15) is 4.68 Å². The highest BCUT2D eigenvalue weighted by atomic mass is 35.5. The van der Waals surface area contributed by atoms with Crippen molar-refractivity contribution in [3.05, 3.63) is 134 Å². The van der Waals surface area contributed by atoms with Crippen molar-refractivity contribution >= 4 is 57.9 Å². The summed E-state index contributed by atoms with van der Waals surface area (Å²) in [6.07, 6.45) is 2.37. The molecule has 0 saturated carbocycles. The Morgan fingerprint density at radius 1 is 0.902 bits per heavy atom. The van der Waals surface area contributed by atoms with Gasteiger partial charge in [0.15, 0.2) is 0 Å². The number of nitrogens with zero attached hydrogens (tertiary/aromatic N) is 3. The van der Waals surface area contributed by atoms with Gasteiger partial charge in [-0.3, -0.25) is 44.1 Å². The van der Waals surface area contributed by atoms with E-state index in [0.717, 1.165) is 21.6 Å². The number of halogens is 2. The number of hydrogen-bond acceptors (Lipinski definition) is 9. The van der Waals surface area contributed by atoms with Crippen LogP contribution in [-0.4, -0.2) is 86.5 Å². The van der Waals surface area contributed by atoms with Crippen LogP contribution in [0.25, 0.3) is 28.2 Å². The van der Waals surface area contributed by atoms with Gasteiger partial charge < -0.3 is 20.4 Å². The number of carbonyl (C=O) groups excluding carboxylic acids is 5. The third-order valence-corrected chi connectivity index (χ3v) is 10.9. The minimum absolute atomic E-state index is 0.0294. The van der Waals surface area contributed by atoms with Gasteiger partial charge in [0.25, 0.3) is 17.4 Å². The zero-order valence-corrected chi connectivity index (χ0v) is 33.4. The Bertz CT molecular complexity index is 2730. The molecule has 5 amide bonds. The Hall–Kier alpha value is -6.91. The fourth-order valence-electron chi connectivity index (χ4n) is 7.58. The molecule has 1 unspecified atom stereocenters. The fourth-order valence-corrected chi connectivity index (χ4v) is 7.75. The number of hydrogen-bond donors (Lipinski definition) is 5. The lowest BCUT2D eigenvalue weighted by Gasteiger charge is -2.27. The maximum atomic E-state index is 13.9. The summed E-state index contributed by atoms with van der Waals surface area (Å²) in [5, 5.41) is 11.8. The van der Waals surface area contributed by atoms with Crippen LogP contribution in [0.1, 0.15) is 56.7 Å². The third-order valence-electron chi connectivity index (χ3n) is 10.7. The molecule has 61 heavy (non-hydrogen) atoms. The molecule has 8 rings (SSSR count). The highest BCUT2D eigenvalue weighted by Crippen LogP contribution is 2.32. The van der Waals surface area contributed by atoms with E-state index >= 15 is 0 Å². The molecule has 4 heterocycles. The Kier molecular flexibility index (Phi) is 11.9. The minimum atomic E-state index is -1.06. The van der Waals surface area contributed by atoms with Gasteiger partial charge in [-0.25, -0.2) is 9.37 Å². The Morgan fingerprint density at radius 2 is 1.67 bits per heavy atom. The Morgan fingerprint density at radius 3 is 2.46 bits per heavy atom. The molecule has 1 fully saturated rings. The average Bonchev–Trinajstić information content (AvgIpc) is 3.90. The van der Waals surface area contributed by atoms with Crippen molar-refractivity contribution < 1.29 is 33.1 Å². The normalized spacial score (nSPS) is 15.0. The number of rotatable bonds is 16. The number of imidazole rings is 1. The first kappa shape index (κ1) is 40.9. The second kappa shape index (κ2) is 17.7. The van der Waals surface area contributed by atoms with Gasteiger partial charge in [0, 0.05) is 42.4 Å². The number of aryl methyl sites for hydroxylation is 2. The summed E-state index contributed by atoms with van der Waals surface area (Å²) in [5.41, 5.74) is 5.75.